The fourth-order valence-corrected chi connectivity index (χ4v) is 6.78. The highest BCUT2D eigenvalue weighted by Gasteiger charge is 2.31. The average Bonchev–Trinajstić information content (AvgIpc) is 2.85. The van der Waals surface area contributed by atoms with E-state index in [2.05, 4.69) is 34.5 Å². The molecular formula is C25H31Cl2N3O3S. The van der Waals surface area contributed by atoms with Gasteiger partial charge in [0.15, 0.2) is 0 Å². The van der Waals surface area contributed by atoms with E-state index in [-0.39, 0.29) is 17.6 Å². The summed E-state index contributed by atoms with van der Waals surface area (Å²) >= 11 is 12.1. The van der Waals surface area contributed by atoms with E-state index in [4.69, 9.17) is 23.2 Å². The number of anilines is 1. The number of carbonyl (C=O) groups is 1. The molecule has 184 valence electrons. The minimum atomic E-state index is -3.52. The monoisotopic (exact) mass is 523 g/mol. The Bertz CT molecular complexity index is 1090. The number of amides is 1. The van der Waals surface area contributed by atoms with Crippen molar-refractivity contribution in [3.05, 3.63) is 63.6 Å². The zero-order valence-electron chi connectivity index (χ0n) is 19.2. The van der Waals surface area contributed by atoms with Crippen molar-refractivity contribution in [3.63, 3.8) is 0 Å². The van der Waals surface area contributed by atoms with Crippen LogP contribution in [0.25, 0.3) is 0 Å². The first-order valence-electron chi connectivity index (χ1n) is 11.9. The van der Waals surface area contributed by atoms with Crippen LogP contribution in [0.3, 0.4) is 0 Å². The van der Waals surface area contributed by atoms with Gasteiger partial charge in [0.25, 0.3) is 0 Å². The molecule has 2 aliphatic heterocycles. The van der Waals surface area contributed by atoms with E-state index >= 15 is 0 Å². The first kappa shape index (κ1) is 25.3. The normalized spacial score (nSPS) is 18.1. The molecule has 34 heavy (non-hydrogen) atoms. The first-order valence-corrected chi connectivity index (χ1v) is 14.2. The van der Waals surface area contributed by atoms with E-state index < -0.39 is 10.0 Å². The molecule has 0 unspecified atom stereocenters. The molecule has 2 aromatic rings. The minimum Gasteiger partial charge on any atom is -0.372 e. The fourth-order valence-electron chi connectivity index (χ4n) is 4.63. The van der Waals surface area contributed by atoms with Gasteiger partial charge in [0.1, 0.15) is 0 Å². The Balaban J connectivity index is 1.24. The van der Waals surface area contributed by atoms with Gasteiger partial charge in [-0.05, 0) is 67.5 Å². The van der Waals surface area contributed by atoms with Crippen LogP contribution in [0.1, 0.15) is 43.2 Å². The van der Waals surface area contributed by atoms with E-state index in [9.17, 15) is 13.2 Å². The Kier molecular flexibility index (Phi) is 8.40. The molecule has 1 N–H and O–H groups in total. The SMILES string of the molecule is O=C(NCc1ccc(N2CCCCC2)cc1)C1CCN(S(=O)(=O)Cc2ccc(Cl)cc2Cl)CC1. The maximum absolute atomic E-state index is 12.9. The first-order chi connectivity index (χ1) is 16.3. The van der Waals surface area contributed by atoms with Crippen LogP contribution < -0.4 is 10.2 Å². The Morgan fingerprint density at radius 1 is 0.941 bits per heavy atom. The van der Waals surface area contributed by atoms with Gasteiger partial charge in [0.2, 0.25) is 15.9 Å². The highest BCUT2D eigenvalue weighted by Crippen LogP contribution is 2.26. The molecule has 4 rings (SSSR count). The molecule has 2 saturated heterocycles. The van der Waals surface area contributed by atoms with E-state index in [1.165, 1.54) is 29.3 Å². The molecule has 0 spiro atoms. The van der Waals surface area contributed by atoms with Crippen LogP contribution in [0.5, 0.6) is 0 Å². The second kappa shape index (κ2) is 11.3. The zero-order chi connectivity index (χ0) is 24.1. The van der Waals surface area contributed by atoms with Gasteiger partial charge in [-0.2, -0.15) is 0 Å². The van der Waals surface area contributed by atoms with Crippen molar-refractivity contribution in [1.29, 1.82) is 0 Å². The molecule has 2 aromatic carbocycles. The van der Waals surface area contributed by atoms with Crippen molar-refractivity contribution >= 4 is 44.8 Å². The second-order valence-corrected chi connectivity index (χ2v) is 11.9. The number of halogens is 2. The topological polar surface area (TPSA) is 69.7 Å². The molecule has 0 bridgehead atoms. The second-order valence-electron chi connectivity index (χ2n) is 9.10. The fraction of sp³-hybridized carbons (Fsp3) is 0.480. The van der Waals surface area contributed by atoms with Gasteiger partial charge in [0.05, 0.1) is 5.75 Å². The molecule has 0 aromatic heterocycles. The number of benzene rings is 2. The molecule has 2 heterocycles. The van der Waals surface area contributed by atoms with Crippen molar-refractivity contribution in [2.45, 2.75) is 44.4 Å². The lowest BCUT2D eigenvalue weighted by Gasteiger charge is -2.30. The summed E-state index contributed by atoms with van der Waals surface area (Å²) in [7, 11) is -3.52. The lowest BCUT2D eigenvalue weighted by Crippen LogP contribution is -2.43. The third kappa shape index (κ3) is 6.45. The van der Waals surface area contributed by atoms with E-state index in [1.54, 1.807) is 18.2 Å². The van der Waals surface area contributed by atoms with Gasteiger partial charge in [-0.3, -0.25) is 4.79 Å². The van der Waals surface area contributed by atoms with E-state index in [1.807, 2.05) is 0 Å². The highest BCUT2D eigenvalue weighted by molar-refractivity contribution is 7.88. The van der Waals surface area contributed by atoms with Crippen LogP contribution in [0.2, 0.25) is 10.0 Å². The van der Waals surface area contributed by atoms with Gasteiger partial charge >= 0.3 is 0 Å². The lowest BCUT2D eigenvalue weighted by atomic mass is 9.97. The molecular weight excluding hydrogens is 493 g/mol. The van der Waals surface area contributed by atoms with Gasteiger partial charge in [-0.15, -0.1) is 0 Å². The molecule has 9 heteroatoms. The largest absolute Gasteiger partial charge is 0.372 e. The van der Waals surface area contributed by atoms with Crippen molar-refractivity contribution in [1.82, 2.24) is 9.62 Å². The predicted octanol–water partition coefficient (Wildman–Crippen LogP) is 4.84. The molecule has 6 nitrogen and oxygen atoms in total. The maximum atomic E-state index is 12.9. The maximum Gasteiger partial charge on any atom is 0.223 e. The number of carbonyl (C=O) groups excluding carboxylic acids is 1. The summed E-state index contributed by atoms with van der Waals surface area (Å²) in [5, 5.41) is 3.83. The summed E-state index contributed by atoms with van der Waals surface area (Å²) in [6, 6.07) is 13.2. The van der Waals surface area contributed by atoms with Crippen LogP contribution in [0, 0.1) is 5.92 Å². The summed E-state index contributed by atoms with van der Waals surface area (Å²) in [4.78, 5) is 15.1. The number of sulfonamides is 1. The summed E-state index contributed by atoms with van der Waals surface area (Å²) in [6.07, 6.45) is 4.81. The van der Waals surface area contributed by atoms with Crippen LogP contribution in [-0.4, -0.2) is 44.8 Å². The van der Waals surface area contributed by atoms with Crippen LogP contribution >= 0.6 is 23.2 Å². The Hall–Kier alpha value is -1.80. The molecule has 2 aliphatic rings. The van der Waals surface area contributed by atoms with E-state index in [0.29, 0.717) is 48.1 Å². The van der Waals surface area contributed by atoms with Crippen LogP contribution in [-0.2, 0) is 27.1 Å². The zero-order valence-corrected chi connectivity index (χ0v) is 21.5. The summed E-state index contributed by atoms with van der Waals surface area (Å²) < 4.78 is 27.2. The molecule has 0 radical (unpaired) electrons. The quantitative estimate of drug-likeness (QED) is 0.563. The summed E-state index contributed by atoms with van der Waals surface area (Å²) in [6.45, 7) is 3.35. The summed E-state index contributed by atoms with van der Waals surface area (Å²) in [5.41, 5.74) is 2.83. The number of nitrogens with zero attached hydrogens (tertiary/aromatic N) is 2. The third-order valence-electron chi connectivity index (χ3n) is 6.70. The van der Waals surface area contributed by atoms with Gasteiger partial charge in [-0.1, -0.05) is 41.4 Å². The number of hydrogen-bond donors (Lipinski definition) is 1. The van der Waals surface area contributed by atoms with Crippen molar-refractivity contribution in [3.8, 4) is 0 Å². The Labute approximate surface area is 212 Å². The van der Waals surface area contributed by atoms with Crippen LogP contribution in [0.4, 0.5) is 5.69 Å². The van der Waals surface area contributed by atoms with Crippen molar-refractivity contribution < 1.29 is 13.2 Å². The Morgan fingerprint density at radius 3 is 2.26 bits per heavy atom. The van der Waals surface area contributed by atoms with Crippen molar-refractivity contribution in [2.24, 2.45) is 5.92 Å². The smallest absolute Gasteiger partial charge is 0.223 e. The van der Waals surface area contributed by atoms with Gasteiger partial charge < -0.3 is 10.2 Å². The van der Waals surface area contributed by atoms with Crippen LogP contribution in [0.15, 0.2) is 42.5 Å². The number of rotatable bonds is 7. The molecule has 1 amide bonds. The average molecular weight is 525 g/mol. The van der Waals surface area contributed by atoms with E-state index in [0.717, 1.165) is 18.7 Å². The molecule has 0 aliphatic carbocycles. The molecule has 2 fully saturated rings. The summed E-state index contributed by atoms with van der Waals surface area (Å²) in [5.74, 6) is -0.371. The van der Waals surface area contributed by atoms with Gasteiger partial charge in [0, 0.05) is 54.4 Å². The molecule has 0 atom stereocenters. The van der Waals surface area contributed by atoms with Crippen molar-refractivity contribution in [2.75, 3.05) is 31.1 Å². The minimum absolute atomic E-state index is 0.0158. The highest BCUT2D eigenvalue weighted by atomic mass is 35.5. The Morgan fingerprint density at radius 2 is 1.62 bits per heavy atom. The number of hydrogen-bond acceptors (Lipinski definition) is 4. The third-order valence-corrected chi connectivity index (χ3v) is 9.11. The standard InChI is InChI=1S/C25H31Cl2N3O3S/c26-22-7-6-21(24(27)16-22)18-34(32,33)30-14-10-20(11-15-30)25(31)28-17-19-4-8-23(9-5-19)29-12-2-1-3-13-29/h4-9,16,20H,1-3,10-15,17-18H2,(H,28,31). The number of nitrogens with one attached hydrogen (secondary N) is 1. The van der Waals surface area contributed by atoms with Gasteiger partial charge in [-0.25, -0.2) is 12.7 Å². The lowest BCUT2D eigenvalue weighted by molar-refractivity contribution is -0.126. The number of piperidine rings is 2. The molecule has 0 saturated carbocycles. The predicted molar refractivity (Wildman–Crippen MR) is 138 cm³/mol.